The van der Waals surface area contributed by atoms with Crippen molar-refractivity contribution in [2.24, 2.45) is 0 Å². The number of benzene rings is 2. The number of methoxy groups -OCH3 is 3. The van der Waals surface area contributed by atoms with Crippen LogP contribution in [0.1, 0.15) is 10.4 Å². The van der Waals surface area contributed by atoms with Gasteiger partial charge in [-0.15, -0.1) is 0 Å². The molecule has 0 unspecified atom stereocenters. The summed E-state index contributed by atoms with van der Waals surface area (Å²) in [5, 5.41) is 3.89. The van der Waals surface area contributed by atoms with E-state index in [0.29, 0.717) is 33.0 Å². The molecule has 6 nitrogen and oxygen atoms in total. The number of aromatic nitrogens is 1. The summed E-state index contributed by atoms with van der Waals surface area (Å²) in [6.07, 6.45) is 0. The van der Waals surface area contributed by atoms with Crippen LogP contribution in [0.25, 0.3) is 10.2 Å². The number of carbonyl (C=O) groups excluding carboxylic acids is 1. The Hall–Kier alpha value is -2.51. The number of hydrogen-bond donors (Lipinski definition) is 1. The Bertz CT molecular complexity index is 917. The second-order valence-corrected chi connectivity index (χ2v) is 6.47. The fourth-order valence-corrected chi connectivity index (χ4v) is 3.47. The third kappa shape index (κ3) is 3.47. The number of anilines is 1. The van der Waals surface area contributed by atoms with Crippen molar-refractivity contribution >= 4 is 44.2 Å². The van der Waals surface area contributed by atoms with Crippen LogP contribution in [0.3, 0.4) is 0 Å². The van der Waals surface area contributed by atoms with Crippen molar-refractivity contribution in [3.8, 4) is 17.2 Å². The fourth-order valence-electron chi connectivity index (χ4n) is 2.33. The van der Waals surface area contributed by atoms with Gasteiger partial charge in [-0.1, -0.05) is 22.9 Å². The summed E-state index contributed by atoms with van der Waals surface area (Å²) in [7, 11) is 4.50. The first-order chi connectivity index (χ1) is 12.0. The molecule has 3 aromatic rings. The highest BCUT2D eigenvalue weighted by Crippen LogP contribution is 2.38. The molecule has 1 aromatic heterocycles. The maximum Gasteiger partial charge on any atom is 0.257 e. The molecule has 2 aromatic carbocycles. The molecular formula is C17H15ClN2O4S. The molecule has 0 aliphatic carbocycles. The molecule has 0 radical (unpaired) electrons. The van der Waals surface area contributed by atoms with Crippen molar-refractivity contribution in [1.29, 1.82) is 0 Å². The zero-order valence-corrected chi connectivity index (χ0v) is 15.3. The van der Waals surface area contributed by atoms with Gasteiger partial charge < -0.3 is 14.2 Å². The highest BCUT2D eigenvalue weighted by Gasteiger charge is 2.18. The quantitative estimate of drug-likeness (QED) is 0.719. The Labute approximate surface area is 153 Å². The number of hydrogen-bond acceptors (Lipinski definition) is 6. The maximum atomic E-state index is 12.6. The predicted molar refractivity (Wildman–Crippen MR) is 98.7 cm³/mol. The van der Waals surface area contributed by atoms with E-state index in [9.17, 15) is 4.79 Å². The molecule has 1 amide bonds. The number of nitrogens with one attached hydrogen (secondary N) is 1. The van der Waals surface area contributed by atoms with Crippen molar-refractivity contribution in [1.82, 2.24) is 4.98 Å². The molecule has 8 heteroatoms. The zero-order chi connectivity index (χ0) is 18.0. The van der Waals surface area contributed by atoms with E-state index in [-0.39, 0.29) is 5.91 Å². The van der Waals surface area contributed by atoms with Gasteiger partial charge in [-0.3, -0.25) is 10.1 Å². The van der Waals surface area contributed by atoms with Gasteiger partial charge in [-0.05, 0) is 30.3 Å². The lowest BCUT2D eigenvalue weighted by molar-refractivity contribution is 0.102. The van der Waals surface area contributed by atoms with Crippen molar-refractivity contribution in [2.75, 3.05) is 26.6 Å². The second kappa shape index (κ2) is 7.16. The third-order valence-corrected chi connectivity index (χ3v) is 4.67. The molecule has 25 heavy (non-hydrogen) atoms. The van der Waals surface area contributed by atoms with Crippen LogP contribution in [0, 0.1) is 0 Å². The van der Waals surface area contributed by atoms with Crippen molar-refractivity contribution in [3.63, 3.8) is 0 Å². The van der Waals surface area contributed by atoms with E-state index < -0.39 is 0 Å². The van der Waals surface area contributed by atoms with Gasteiger partial charge in [0, 0.05) is 10.6 Å². The standard InChI is InChI=1S/C17H15ClN2O4S/c1-22-12-6-9(7-13(23-2)15(12)24-3)16(21)20-17-19-11-5-4-10(18)8-14(11)25-17/h4-8H,1-3H3,(H,19,20,21). The number of fused-ring (bicyclic) bond motifs is 1. The van der Waals surface area contributed by atoms with E-state index in [0.717, 1.165) is 10.2 Å². The highest BCUT2D eigenvalue weighted by molar-refractivity contribution is 7.22. The van der Waals surface area contributed by atoms with Gasteiger partial charge in [0.05, 0.1) is 31.5 Å². The molecule has 0 spiro atoms. The number of amides is 1. The summed E-state index contributed by atoms with van der Waals surface area (Å²) in [5.41, 5.74) is 1.14. The van der Waals surface area contributed by atoms with Crippen molar-refractivity contribution < 1.29 is 19.0 Å². The molecule has 0 bridgehead atoms. The van der Waals surface area contributed by atoms with Gasteiger partial charge in [0.25, 0.3) is 5.91 Å². The Morgan fingerprint density at radius 1 is 1.08 bits per heavy atom. The first kappa shape index (κ1) is 17.3. The van der Waals surface area contributed by atoms with Gasteiger partial charge in [-0.2, -0.15) is 0 Å². The summed E-state index contributed by atoms with van der Waals surface area (Å²) in [5.74, 6) is 0.909. The minimum atomic E-state index is -0.329. The smallest absolute Gasteiger partial charge is 0.257 e. The number of ether oxygens (including phenoxy) is 3. The van der Waals surface area contributed by atoms with E-state index >= 15 is 0 Å². The van der Waals surface area contributed by atoms with Gasteiger partial charge in [-0.25, -0.2) is 4.98 Å². The largest absolute Gasteiger partial charge is 0.493 e. The van der Waals surface area contributed by atoms with Gasteiger partial charge >= 0.3 is 0 Å². The maximum absolute atomic E-state index is 12.6. The molecule has 3 rings (SSSR count). The second-order valence-electron chi connectivity index (χ2n) is 5.00. The Morgan fingerprint density at radius 3 is 2.36 bits per heavy atom. The molecule has 0 saturated carbocycles. The molecule has 1 heterocycles. The summed E-state index contributed by atoms with van der Waals surface area (Å²) < 4.78 is 16.7. The lowest BCUT2D eigenvalue weighted by Crippen LogP contribution is -2.12. The number of rotatable bonds is 5. The van der Waals surface area contributed by atoms with E-state index in [1.807, 2.05) is 12.1 Å². The summed E-state index contributed by atoms with van der Waals surface area (Å²) in [6.45, 7) is 0. The lowest BCUT2D eigenvalue weighted by Gasteiger charge is -2.13. The Balaban J connectivity index is 1.91. The number of thiazole rings is 1. The number of nitrogens with zero attached hydrogens (tertiary/aromatic N) is 1. The van der Waals surface area contributed by atoms with Crippen LogP contribution in [-0.2, 0) is 0 Å². The SMILES string of the molecule is COc1cc(C(=O)Nc2nc3ccc(Cl)cc3s2)cc(OC)c1OC. The summed E-state index contributed by atoms with van der Waals surface area (Å²) in [4.78, 5) is 17.0. The van der Waals surface area contributed by atoms with E-state index in [2.05, 4.69) is 10.3 Å². The van der Waals surface area contributed by atoms with Crippen LogP contribution >= 0.6 is 22.9 Å². The highest BCUT2D eigenvalue weighted by atomic mass is 35.5. The van der Waals surface area contributed by atoms with Crippen LogP contribution in [0.15, 0.2) is 30.3 Å². The summed E-state index contributed by atoms with van der Waals surface area (Å²) >= 11 is 7.32. The molecule has 0 fully saturated rings. The first-order valence-electron chi connectivity index (χ1n) is 7.23. The molecular weight excluding hydrogens is 364 g/mol. The van der Waals surface area contributed by atoms with E-state index in [4.69, 9.17) is 25.8 Å². The minimum absolute atomic E-state index is 0.329. The van der Waals surface area contributed by atoms with Crippen molar-refractivity contribution in [2.45, 2.75) is 0 Å². The van der Waals surface area contributed by atoms with Crippen LogP contribution in [0.2, 0.25) is 5.02 Å². The number of halogens is 1. The van der Waals surface area contributed by atoms with Crippen LogP contribution in [-0.4, -0.2) is 32.2 Å². The summed E-state index contributed by atoms with van der Waals surface area (Å²) in [6, 6.07) is 8.54. The molecule has 0 atom stereocenters. The molecule has 1 N–H and O–H groups in total. The van der Waals surface area contributed by atoms with Crippen LogP contribution in [0.4, 0.5) is 5.13 Å². The zero-order valence-electron chi connectivity index (χ0n) is 13.8. The Kier molecular flexibility index (Phi) is 4.96. The normalized spacial score (nSPS) is 10.6. The predicted octanol–water partition coefficient (Wildman–Crippen LogP) is 4.23. The van der Waals surface area contributed by atoms with Gasteiger partial charge in [0.1, 0.15) is 0 Å². The molecule has 0 aliphatic heterocycles. The van der Waals surface area contributed by atoms with Gasteiger partial charge in [0.15, 0.2) is 16.6 Å². The van der Waals surface area contributed by atoms with E-state index in [1.165, 1.54) is 32.7 Å². The average molecular weight is 379 g/mol. The van der Waals surface area contributed by atoms with Crippen molar-refractivity contribution in [3.05, 3.63) is 40.9 Å². The molecule has 0 aliphatic rings. The van der Waals surface area contributed by atoms with Crippen LogP contribution in [0.5, 0.6) is 17.2 Å². The Morgan fingerprint density at radius 2 is 1.76 bits per heavy atom. The first-order valence-corrected chi connectivity index (χ1v) is 8.42. The average Bonchev–Trinajstić information content (AvgIpc) is 3.01. The molecule has 0 saturated heterocycles. The monoisotopic (exact) mass is 378 g/mol. The fraction of sp³-hybridized carbons (Fsp3) is 0.176. The van der Waals surface area contributed by atoms with Crippen LogP contribution < -0.4 is 19.5 Å². The third-order valence-electron chi connectivity index (χ3n) is 3.50. The lowest BCUT2D eigenvalue weighted by atomic mass is 10.1. The number of carbonyl (C=O) groups is 1. The minimum Gasteiger partial charge on any atom is -0.493 e. The van der Waals surface area contributed by atoms with Gasteiger partial charge in [0.2, 0.25) is 5.75 Å². The molecule has 130 valence electrons. The van der Waals surface area contributed by atoms with E-state index in [1.54, 1.807) is 18.2 Å². The topological polar surface area (TPSA) is 69.7 Å².